The number of carbonyl (C=O) groups excluding carboxylic acids is 1. The van der Waals surface area contributed by atoms with E-state index in [0.717, 1.165) is 0 Å². The fraction of sp³-hybridized carbons (Fsp3) is 0.769. The van der Waals surface area contributed by atoms with E-state index < -0.39 is 35.5 Å². The third-order valence-electron chi connectivity index (χ3n) is 3.19. The first-order valence-corrected chi connectivity index (χ1v) is 6.55. The molecule has 1 aliphatic heterocycles. The number of amides is 1. The van der Waals surface area contributed by atoms with Gasteiger partial charge in [-0.2, -0.15) is 0 Å². The molecule has 12 heteroatoms. The topological polar surface area (TPSA) is 104 Å². The quantitative estimate of drug-likeness (QED) is 0.310. The molecule has 1 aliphatic rings. The molecule has 146 valence electrons. The van der Waals surface area contributed by atoms with Crippen LogP contribution >= 0.6 is 0 Å². The van der Waals surface area contributed by atoms with Crippen molar-refractivity contribution in [3.63, 3.8) is 0 Å². The van der Waals surface area contributed by atoms with E-state index >= 15 is 0 Å². The molecule has 1 saturated heterocycles. The van der Waals surface area contributed by atoms with E-state index in [1.54, 1.807) is 20.8 Å². The van der Waals surface area contributed by atoms with Crippen molar-refractivity contribution in [1.29, 1.82) is 0 Å². The minimum absolute atomic E-state index is 0. The SMILES string of the molecule is CC(C)(C)OC(=O)N1CCC(C(C(=O)O)C(=O)O)CC1.[Cl-].[Cl-].[Cl-].[Cl-].[Ti+4]. The zero-order chi connectivity index (χ0) is 15.5. The molecule has 0 unspecified atom stereocenters. The molecule has 1 rings (SSSR count). The summed E-state index contributed by atoms with van der Waals surface area (Å²) < 4.78 is 5.22. The van der Waals surface area contributed by atoms with Crippen LogP contribution in [0.25, 0.3) is 0 Å². The minimum atomic E-state index is -1.41. The number of carboxylic acids is 2. The van der Waals surface area contributed by atoms with Gasteiger partial charge in [0.2, 0.25) is 0 Å². The van der Waals surface area contributed by atoms with Gasteiger partial charge in [0.1, 0.15) is 5.60 Å². The number of hydrogen-bond acceptors (Lipinski definition) is 4. The van der Waals surface area contributed by atoms with Crippen LogP contribution in [0.15, 0.2) is 0 Å². The molecular formula is C13H21Cl4NO6Ti. The summed E-state index contributed by atoms with van der Waals surface area (Å²) in [6, 6.07) is 0. The third-order valence-corrected chi connectivity index (χ3v) is 3.19. The van der Waals surface area contributed by atoms with Crippen LogP contribution in [0.4, 0.5) is 4.79 Å². The summed E-state index contributed by atoms with van der Waals surface area (Å²) in [5, 5.41) is 17.9. The Hall–Kier alpha value is 0.0843. The molecule has 1 heterocycles. The zero-order valence-electron chi connectivity index (χ0n) is 14.0. The fourth-order valence-corrected chi connectivity index (χ4v) is 2.25. The largest absolute Gasteiger partial charge is 4.00 e. The molecule has 7 nitrogen and oxygen atoms in total. The fourth-order valence-electron chi connectivity index (χ4n) is 2.25. The van der Waals surface area contributed by atoms with Gasteiger partial charge in [0.25, 0.3) is 0 Å². The first-order valence-electron chi connectivity index (χ1n) is 6.55. The first-order chi connectivity index (χ1) is 9.11. The van der Waals surface area contributed by atoms with Gasteiger partial charge in [-0.05, 0) is 39.5 Å². The third kappa shape index (κ3) is 12.2. The number of ether oxygens (including phenoxy) is 1. The molecule has 0 aromatic carbocycles. The number of nitrogens with zero attached hydrogens (tertiary/aromatic N) is 1. The summed E-state index contributed by atoms with van der Waals surface area (Å²) in [5.41, 5.74) is -0.585. The number of likely N-dealkylation sites (tertiary alicyclic amines) is 1. The van der Waals surface area contributed by atoms with Crippen LogP contribution in [-0.2, 0) is 36.0 Å². The molecule has 0 spiro atoms. The van der Waals surface area contributed by atoms with Gasteiger partial charge in [-0.3, -0.25) is 9.59 Å². The van der Waals surface area contributed by atoms with Crippen molar-refractivity contribution in [2.75, 3.05) is 13.1 Å². The summed E-state index contributed by atoms with van der Waals surface area (Å²) in [6.07, 6.45) is 0.253. The number of rotatable bonds is 3. The Balaban J connectivity index is -0.000000267. The normalized spacial score (nSPS) is 13.7. The minimum Gasteiger partial charge on any atom is -1.00 e. The Morgan fingerprint density at radius 2 is 1.32 bits per heavy atom. The van der Waals surface area contributed by atoms with Crippen molar-refractivity contribution in [3.05, 3.63) is 0 Å². The van der Waals surface area contributed by atoms with Crippen molar-refractivity contribution in [3.8, 4) is 0 Å². The van der Waals surface area contributed by atoms with Gasteiger partial charge >= 0.3 is 39.7 Å². The average Bonchev–Trinajstić information content (AvgIpc) is 2.26. The molecule has 0 radical (unpaired) electrons. The molecule has 0 aliphatic carbocycles. The Morgan fingerprint density at radius 1 is 0.960 bits per heavy atom. The Bertz CT molecular complexity index is 400. The maximum absolute atomic E-state index is 11.8. The van der Waals surface area contributed by atoms with E-state index in [9.17, 15) is 14.4 Å². The van der Waals surface area contributed by atoms with Crippen LogP contribution in [0.5, 0.6) is 0 Å². The smallest absolute Gasteiger partial charge is 1.00 e. The van der Waals surface area contributed by atoms with Gasteiger partial charge in [-0.15, -0.1) is 0 Å². The predicted molar refractivity (Wildman–Crippen MR) is 69.3 cm³/mol. The van der Waals surface area contributed by atoms with Gasteiger partial charge in [-0.1, -0.05) is 0 Å². The molecule has 0 atom stereocenters. The number of hydrogen-bond donors (Lipinski definition) is 2. The summed E-state index contributed by atoms with van der Waals surface area (Å²) in [6.45, 7) is 5.93. The van der Waals surface area contributed by atoms with Crippen LogP contribution in [0.2, 0.25) is 0 Å². The summed E-state index contributed by atoms with van der Waals surface area (Å²) in [5.74, 6) is -4.51. The number of carbonyl (C=O) groups is 3. The number of carboxylic acid groups (broad SMARTS) is 2. The second-order valence-electron chi connectivity index (χ2n) is 5.96. The summed E-state index contributed by atoms with van der Waals surface area (Å²) in [7, 11) is 0. The molecule has 25 heavy (non-hydrogen) atoms. The van der Waals surface area contributed by atoms with Crippen LogP contribution < -0.4 is 49.6 Å². The number of piperidine rings is 1. The summed E-state index contributed by atoms with van der Waals surface area (Å²) in [4.78, 5) is 35.2. The van der Waals surface area contributed by atoms with Gasteiger partial charge < -0.3 is 69.5 Å². The van der Waals surface area contributed by atoms with Crippen molar-refractivity contribution < 1.29 is 101 Å². The first kappa shape index (κ1) is 36.1. The van der Waals surface area contributed by atoms with E-state index in [4.69, 9.17) is 14.9 Å². The Labute approximate surface area is 187 Å². The van der Waals surface area contributed by atoms with Crippen molar-refractivity contribution in [2.24, 2.45) is 11.8 Å². The number of aliphatic carboxylic acids is 2. The van der Waals surface area contributed by atoms with Crippen LogP contribution in [0.3, 0.4) is 0 Å². The molecule has 0 aromatic heterocycles. The molecule has 1 fully saturated rings. The Kier molecular flexibility index (Phi) is 21.9. The Morgan fingerprint density at radius 3 is 1.60 bits per heavy atom. The van der Waals surface area contributed by atoms with Gasteiger partial charge in [0.15, 0.2) is 5.92 Å². The van der Waals surface area contributed by atoms with E-state index in [1.807, 2.05) is 0 Å². The average molecular weight is 477 g/mol. The van der Waals surface area contributed by atoms with Crippen LogP contribution in [0, 0.1) is 11.8 Å². The predicted octanol–water partition coefficient (Wildman–Crippen LogP) is -10.6. The molecular weight excluding hydrogens is 456 g/mol. The maximum atomic E-state index is 11.8. The van der Waals surface area contributed by atoms with E-state index in [0.29, 0.717) is 25.9 Å². The number of halogens is 4. The standard InChI is InChI=1S/C13H21NO6.4ClH.Ti/c1-13(2,3)20-12(19)14-6-4-8(5-7-14)9(10(15)16)11(17)18;;;;;/h8-9H,4-7H2,1-3H3,(H,15,16)(H,17,18);4*1H;/q;;;;;+4/p-4. The molecule has 1 amide bonds. The maximum Gasteiger partial charge on any atom is 4.00 e. The van der Waals surface area contributed by atoms with Gasteiger partial charge in [-0.25, -0.2) is 4.79 Å². The van der Waals surface area contributed by atoms with Crippen molar-refractivity contribution >= 4 is 18.0 Å². The molecule has 0 saturated carbocycles. The summed E-state index contributed by atoms with van der Waals surface area (Å²) >= 11 is 0. The van der Waals surface area contributed by atoms with Crippen molar-refractivity contribution in [1.82, 2.24) is 4.90 Å². The zero-order valence-corrected chi connectivity index (χ0v) is 18.6. The van der Waals surface area contributed by atoms with Crippen molar-refractivity contribution in [2.45, 2.75) is 39.2 Å². The van der Waals surface area contributed by atoms with E-state index in [2.05, 4.69) is 0 Å². The van der Waals surface area contributed by atoms with Crippen LogP contribution in [-0.4, -0.2) is 51.8 Å². The van der Waals surface area contributed by atoms with Gasteiger partial charge in [0.05, 0.1) is 0 Å². The second kappa shape index (κ2) is 15.2. The van der Waals surface area contributed by atoms with Gasteiger partial charge in [0, 0.05) is 13.1 Å². The monoisotopic (exact) mass is 475 g/mol. The molecule has 0 aromatic rings. The van der Waals surface area contributed by atoms with E-state index in [-0.39, 0.29) is 71.3 Å². The second-order valence-corrected chi connectivity index (χ2v) is 5.96. The van der Waals surface area contributed by atoms with Crippen LogP contribution in [0.1, 0.15) is 33.6 Å². The van der Waals surface area contributed by atoms with E-state index in [1.165, 1.54) is 4.90 Å². The molecule has 2 N–H and O–H groups in total. The molecule has 0 bridgehead atoms.